The zero-order valence-corrected chi connectivity index (χ0v) is 11.4. The van der Waals surface area contributed by atoms with Crippen molar-refractivity contribution >= 4 is 11.8 Å². The van der Waals surface area contributed by atoms with Crippen LogP contribution in [0.1, 0.15) is 31.4 Å². The van der Waals surface area contributed by atoms with Crippen molar-refractivity contribution in [1.82, 2.24) is 4.90 Å². The van der Waals surface area contributed by atoms with Crippen molar-refractivity contribution in [1.29, 1.82) is 0 Å². The molecule has 5 unspecified atom stereocenters. The topological polar surface area (TPSA) is 46.6 Å². The van der Waals surface area contributed by atoms with Crippen LogP contribution in [0, 0.1) is 11.8 Å². The molecule has 0 spiro atoms. The summed E-state index contributed by atoms with van der Waals surface area (Å²) in [6, 6.07) is 9.54. The number of likely N-dealkylation sites (tertiary alicyclic amines) is 1. The highest BCUT2D eigenvalue weighted by Gasteiger charge is 2.62. The highest BCUT2D eigenvalue weighted by molar-refractivity contribution is 6.06. The fraction of sp³-hybridized carbons (Fsp3) is 0.500. The minimum absolute atomic E-state index is 0.0329. The minimum Gasteiger partial charge on any atom is -0.373 e. The predicted molar refractivity (Wildman–Crippen MR) is 71.6 cm³/mol. The smallest absolute Gasteiger partial charge is 0.236 e. The zero-order chi connectivity index (χ0) is 13.9. The summed E-state index contributed by atoms with van der Waals surface area (Å²) < 4.78 is 5.75. The molecule has 1 aromatic rings. The number of fused-ring (bicyclic) bond motifs is 5. The molecular weight excluding hydrogens is 254 g/mol. The summed E-state index contributed by atoms with van der Waals surface area (Å²) in [7, 11) is 0. The second-order valence-electron chi connectivity index (χ2n) is 5.98. The van der Waals surface area contributed by atoms with Crippen LogP contribution < -0.4 is 0 Å². The number of rotatable bonds is 2. The number of hydrogen-bond acceptors (Lipinski definition) is 3. The highest BCUT2D eigenvalue weighted by atomic mass is 16.5. The average molecular weight is 271 g/mol. The van der Waals surface area contributed by atoms with Crippen LogP contribution in [0.3, 0.4) is 0 Å². The summed E-state index contributed by atoms with van der Waals surface area (Å²) >= 11 is 0. The summed E-state index contributed by atoms with van der Waals surface area (Å²) in [5.41, 5.74) is 1.00. The van der Waals surface area contributed by atoms with Crippen molar-refractivity contribution in [3.05, 3.63) is 35.9 Å². The van der Waals surface area contributed by atoms with Gasteiger partial charge in [-0.25, -0.2) is 0 Å². The molecule has 1 aromatic carbocycles. The number of hydrogen-bond donors (Lipinski definition) is 0. The first kappa shape index (κ1) is 12.1. The van der Waals surface area contributed by atoms with E-state index >= 15 is 0 Å². The minimum atomic E-state index is -0.229. The predicted octanol–water partition coefficient (Wildman–Crippen LogP) is 1.91. The van der Waals surface area contributed by atoms with E-state index in [1.54, 1.807) is 0 Å². The molecule has 3 aliphatic heterocycles. The molecule has 4 nitrogen and oxygen atoms in total. The third-order valence-corrected chi connectivity index (χ3v) is 4.99. The summed E-state index contributed by atoms with van der Waals surface area (Å²) in [5, 5.41) is 0. The number of ether oxygens (including phenoxy) is 1. The molecule has 20 heavy (non-hydrogen) atoms. The fourth-order valence-electron chi connectivity index (χ4n) is 4.00. The first-order valence-electron chi connectivity index (χ1n) is 7.26. The van der Waals surface area contributed by atoms with E-state index in [-0.39, 0.29) is 41.9 Å². The second-order valence-corrected chi connectivity index (χ2v) is 5.98. The lowest BCUT2D eigenvalue weighted by Crippen LogP contribution is -2.36. The standard InChI is InChI=1S/C16H17NO3/c1-9(10-5-3-2-4-6-10)17-15(18)13-11-7-8-12(20-11)14(13)16(17)19/h2-6,9,11-14H,7-8H2,1H3. The molecule has 4 heteroatoms. The van der Waals surface area contributed by atoms with Crippen LogP contribution in [0.5, 0.6) is 0 Å². The van der Waals surface area contributed by atoms with Crippen LogP contribution in [-0.4, -0.2) is 28.9 Å². The molecule has 4 rings (SSSR count). The molecular formula is C16H17NO3. The van der Waals surface area contributed by atoms with E-state index in [1.807, 2.05) is 37.3 Å². The SMILES string of the molecule is CC(c1ccccc1)N1C(=O)C2C3CCC(O3)C2C1=O. The Bertz CT molecular complexity index is 542. The Morgan fingerprint density at radius 1 is 1.05 bits per heavy atom. The Labute approximate surface area is 117 Å². The first-order chi connectivity index (χ1) is 9.68. The Balaban J connectivity index is 1.67. The maximum atomic E-state index is 12.6. The summed E-state index contributed by atoms with van der Waals surface area (Å²) in [6.07, 6.45) is 1.76. The van der Waals surface area contributed by atoms with E-state index in [1.165, 1.54) is 4.90 Å². The molecule has 0 aromatic heterocycles. The highest BCUT2D eigenvalue weighted by Crippen LogP contribution is 2.50. The van der Waals surface area contributed by atoms with E-state index < -0.39 is 0 Å². The molecule has 3 saturated heterocycles. The summed E-state index contributed by atoms with van der Waals surface area (Å²) in [4.78, 5) is 26.7. The van der Waals surface area contributed by atoms with E-state index in [0.29, 0.717) is 0 Å². The van der Waals surface area contributed by atoms with Crippen LogP contribution in [0.15, 0.2) is 30.3 Å². The molecule has 2 amide bonds. The largest absolute Gasteiger partial charge is 0.373 e. The Morgan fingerprint density at radius 2 is 1.60 bits per heavy atom. The molecule has 5 atom stereocenters. The number of nitrogens with zero attached hydrogens (tertiary/aromatic N) is 1. The second kappa shape index (κ2) is 4.16. The molecule has 0 radical (unpaired) electrons. The third kappa shape index (κ3) is 1.45. The van der Waals surface area contributed by atoms with Crippen molar-refractivity contribution in [3.63, 3.8) is 0 Å². The van der Waals surface area contributed by atoms with Crippen LogP contribution in [0.4, 0.5) is 0 Å². The molecule has 104 valence electrons. The van der Waals surface area contributed by atoms with Gasteiger partial charge in [0.2, 0.25) is 11.8 Å². The zero-order valence-electron chi connectivity index (χ0n) is 11.4. The van der Waals surface area contributed by atoms with Gasteiger partial charge in [-0.3, -0.25) is 14.5 Å². The van der Waals surface area contributed by atoms with Crippen molar-refractivity contribution in [2.24, 2.45) is 11.8 Å². The van der Waals surface area contributed by atoms with Crippen LogP contribution in [0.2, 0.25) is 0 Å². The lowest BCUT2D eigenvalue weighted by molar-refractivity contribution is -0.145. The van der Waals surface area contributed by atoms with Crippen molar-refractivity contribution < 1.29 is 14.3 Å². The quantitative estimate of drug-likeness (QED) is 0.772. The van der Waals surface area contributed by atoms with Gasteiger partial charge < -0.3 is 4.74 Å². The maximum Gasteiger partial charge on any atom is 0.236 e. The van der Waals surface area contributed by atoms with Gasteiger partial charge in [0.15, 0.2) is 0 Å². The van der Waals surface area contributed by atoms with Gasteiger partial charge in [0.05, 0.1) is 30.1 Å². The Hall–Kier alpha value is -1.68. The number of amides is 2. The van der Waals surface area contributed by atoms with Gasteiger partial charge in [0, 0.05) is 0 Å². The van der Waals surface area contributed by atoms with Gasteiger partial charge in [-0.2, -0.15) is 0 Å². The van der Waals surface area contributed by atoms with Crippen LogP contribution in [-0.2, 0) is 14.3 Å². The molecule has 0 aliphatic carbocycles. The van der Waals surface area contributed by atoms with Gasteiger partial charge in [0.25, 0.3) is 0 Å². The molecule has 0 saturated carbocycles. The van der Waals surface area contributed by atoms with E-state index in [9.17, 15) is 9.59 Å². The van der Waals surface area contributed by atoms with Gasteiger partial charge >= 0.3 is 0 Å². The lowest BCUT2D eigenvalue weighted by Gasteiger charge is -2.25. The number of carbonyl (C=O) groups excluding carboxylic acids is 2. The number of imide groups is 1. The van der Waals surface area contributed by atoms with Gasteiger partial charge in [-0.05, 0) is 25.3 Å². The number of carbonyl (C=O) groups is 2. The molecule has 0 N–H and O–H groups in total. The van der Waals surface area contributed by atoms with Gasteiger partial charge in [-0.1, -0.05) is 30.3 Å². The lowest BCUT2D eigenvalue weighted by atomic mass is 9.81. The van der Waals surface area contributed by atoms with Gasteiger partial charge in [0.1, 0.15) is 0 Å². The molecule has 2 bridgehead atoms. The van der Waals surface area contributed by atoms with E-state index in [0.717, 1.165) is 18.4 Å². The third-order valence-electron chi connectivity index (χ3n) is 4.99. The maximum absolute atomic E-state index is 12.6. The summed E-state index contributed by atoms with van der Waals surface area (Å²) in [5.74, 6) is -0.535. The fourth-order valence-corrected chi connectivity index (χ4v) is 4.00. The summed E-state index contributed by atoms with van der Waals surface area (Å²) in [6.45, 7) is 1.93. The van der Waals surface area contributed by atoms with Crippen molar-refractivity contribution in [3.8, 4) is 0 Å². The Kier molecular flexibility index (Phi) is 2.51. The number of benzene rings is 1. The Morgan fingerprint density at radius 3 is 2.15 bits per heavy atom. The molecule has 3 aliphatic rings. The monoisotopic (exact) mass is 271 g/mol. The van der Waals surface area contributed by atoms with Gasteiger partial charge in [-0.15, -0.1) is 0 Å². The van der Waals surface area contributed by atoms with Crippen LogP contribution in [0.25, 0.3) is 0 Å². The average Bonchev–Trinajstić information content (AvgIpc) is 3.14. The van der Waals surface area contributed by atoms with Crippen molar-refractivity contribution in [2.45, 2.75) is 38.0 Å². The first-order valence-corrected chi connectivity index (χ1v) is 7.26. The van der Waals surface area contributed by atoms with E-state index in [4.69, 9.17) is 4.74 Å². The molecule has 3 fully saturated rings. The van der Waals surface area contributed by atoms with Crippen molar-refractivity contribution in [2.75, 3.05) is 0 Å². The molecule has 3 heterocycles. The van der Waals surface area contributed by atoms with E-state index in [2.05, 4.69) is 0 Å². The van der Waals surface area contributed by atoms with Crippen LogP contribution >= 0.6 is 0 Å². The normalized spacial score (nSPS) is 36.5.